The maximum absolute atomic E-state index is 11.2. The first kappa shape index (κ1) is 11.3. The van der Waals surface area contributed by atoms with Gasteiger partial charge in [0.15, 0.2) is 0 Å². The van der Waals surface area contributed by atoms with Gasteiger partial charge in [-0.2, -0.15) is 0 Å². The van der Waals surface area contributed by atoms with Crippen molar-refractivity contribution < 1.29 is 9.53 Å². The fourth-order valence-electron chi connectivity index (χ4n) is 3.50. The first-order valence-electron chi connectivity index (χ1n) is 5.67. The predicted octanol–water partition coefficient (Wildman–Crippen LogP) is 2.98. The molecule has 3 atom stereocenters. The van der Waals surface area contributed by atoms with E-state index in [1.54, 1.807) is 0 Å². The molecule has 0 amide bonds. The molecule has 0 unspecified atom stereocenters. The van der Waals surface area contributed by atoms with E-state index in [1.807, 2.05) is 0 Å². The first-order chi connectivity index (χ1) is 6.91. The van der Waals surface area contributed by atoms with Crippen molar-refractivity contribution in [3.8, 4) is 0 Å². The number of halogens is 1. The van der Waals surface area contributed by atoms with Gasteiger partial charge in [-0.1, -0.05) is 20.8 Å². The lowest BCUT2D eigenvalue weighted by Crippen LogP contribution is -2.38. The summed E-state index contributed by atoms with van der Waals surface area (Å²) in [5, 5.41) is 0. The molecule has 2 fully saturated rings. The van der Waals surface area contributed by atoms with Crippen LogP contribution in [0.5, 0.6) is 0 Å². The Bertz CT molecular complexity index is 287. The Hall–Kier alpha value is -0.240. The summed E-state index contributed by atoms with van der Waals surface area (Å²) in [5.74, 6) is 0.402. The zero-order valence-electron chi connectivity index (χ0n) is 9.68. The Kier molecular flexibility index (Phi) is 2.53. The lowest BCUT2D eigenvalue weighted by Gasteiger charge is -2.38. The summed E-state index contributed by atoms with van der Waals surface area (Å²) in [5.41, 5.74) is 0.448. The zero-order valence-corrected chi connectivity index (χ0v) is 10.4. The average Bonchev–Trinajstić information content (AvgIpc) is 2.50. The van der Waals surface area contributed by atoms with Crippen molar-refractivity contribution in [2.45, 2.75) is 46.1 Å². The van der Waals surface area contributed by atoms with E-state index in [0.717, 1.165) is 6.42 Å². The van der Waals surface area contributed by atoms with Crippen LogP contribution in [0.15, 0.2) is 0 Å². The molecule has 0 radical (unpaired) electrons. The van der Waals surface area contributed by atoms with Crippen molar-refractivity contribution >= 4 is 17.6 Å². The monoisotopic (exact) mass is 230 g/mol. The minimum Gasteiger partial charge on any atom is -0.461 e. The topological polar surface area (TPSA) is 26.3 Å². The number of hydrogen-bond acceptors (Lipinski definition) is 2. The Morgan fingerprint density at radius 2 is 2.13 bits per heavy atom. The molecule has 3 heteroatoms. The van der Waals surface area contributed by atoms with Crippen LogP contribution in [-0.4, -0.2) is 18.0 Å². The highest BCUT2D eigenvalue weighted by molar-refractivity contribution is 6.26. The normalized spacial score (nSPS) is 41.9. The molecule has 0 aromatic rings. The number of carbonyl (C=O) groups is 1. The van der Waals surface area contributed by atoms with Crippen molar-refractivity contribution in [3.05, 3.63) is 0 Å². The second-order valence-electron chi connectivity index (χ2n) is 5.72. The second kappa shape index (κ2) is 3.38. The van der Waals surface area contributed by atoms with Crippen molar-refractivity contribution in [2.24, 2.45) is 16.7 Å². The second-order valence-corrected chi connectivity index (χ2v) is 5.99. The number of hydrogen-bond donors (Lipinski definition) is 0. The third-order valence-corrected chi connectivity index (χ3v) is 5.31. The summed E-state index contributed by atoms with van der Waals surface area (Å²) in [6, 6.07) is 0. The number of fused-ring (bicyclic) bond motifs is 2. The lowest BCUT2D eigenvalue weighted by atomic mass is 9.70. The molecular formula is C12H19ClO2. The predicted molar refractivity (Wildman–Crippen MR) is 59.8 cm³/mol. The SMILES string of the molecule is CC1(C)[C@@H]2CC[C@]1(C)[C@@H](OC(=O)CCl)C2. The Labute approximate surface area is 96.3 Å². The molecule has 86 valence electrons. The zero-order chi connectivity index (χ0) is 11.3. The van der Waals surface area contributed by atoms with E-state index in [-0.39, 0.29) is 23.4 Å². The van der Waals surface area contributed by atoms with Gasteiger partial charge < -0.3 is 4.74 Å². The summed E-state index contributed by atoms with van der Waals surface area (Å²) in [7, 11) is 0. The van der Waals surface area contributed by atoms with Crippen LogP contribution in [-0.2, 0) is 9.53 Å². The van der Waals surface area contributed by atoms with Crippen LogP contribution < -0.4 is 0 Å². The van der Waals surface area contributed by atoms with Crippen LogP contribution in [0.2, 0.25) is 0 Å². The molecular weight excluding hydrogens is 212 g/mol. The van der Waals surface area contributed by atoms with Gasteiger partial charge in [-0.25, -0.2) is 0 Å². The maximum Gasteiger partial charge on any atom is 0.321 e. The van der Waals surface area contributed by atoms with Crippen molar-refractivity contribution in [3.63, 3.8) is 0 Å². The van der Waals surface area contributed by atoms with Crippen LogP contribution in [0.25, 0.3) is 0 Å². The van der Waals surface area contributed by atoms with E-state index >= 15 is 0 Å². The summed E-state index contributed by atoms with van der Waals surface area (Å²) < 4.78 is 5.46. The molecule has 2 saturated carbocycles. The van der Waals surface area contributed by atoms with Crippen molar-refractivity contribution in [1.29, 1.82) is 0 Å². The van der Waals surface area contributed by atoms with Gasteiger partial charge in [0.25, 0.3) is 0 Å². The fraction of sp³-hybridized carbons (Fsp3) is 0.917. The maximum atomic E-state index is 11.2. The molecule has 0 heterocycles. The molecule has 0 aromatic carbocycles. The summed E-state index contributed by atoms with van der Waals surface area (Å²) in [6.07, 6.45) is 3.55. The molecule has 2 nitrogen and oxygen atoms in total. The number of alkyl halides is 1. The molecule has 2 rings (SSSR count). The molecule has 0 N–H and O–H groups in total. The molecule has 0 saturated heterocycles. The fourth-order valence-corrected chi connectivity index (χ4v) is 3.56. The summed E-state index contributed by atoms with van der Waals surface area (Å²) >= 11 is 5.47. The molecule has 2 aliphatic carbocycles. The van der Waals surface area contributed by atoms with Gasteiger partial charge in [-0.3, -0.25) is 4.79 Å². The van der Waals surface area contributed by atoms with Crippen LogP contribution >= 0.6 is 11.6 Å². The van der Waals surface area contributed by atoms with Gasteiger partial charge in [-0.15, -0.1) is 11.6 Å². The first-order valence-corrected chi connectivity index (χ1v) is 6.20. The standard InChI is InChI=1S/C12H19ClO2/c1-11(2)8-4-5-12(11,3)9(6-8)15-10(14)7-13/h8-9H,4-7H2,1-3H3/t8-,9+,12-/m1/s1. The number of esters is 1. The van der Waals surface area contributed by atoms with Gasteiger partial charge in [0.2, 0.25) is 0 Å². The highest BCUT2D eigenvalue weighted by Gasteiger charge is 2.62. The quantitative estimate of drug-likeness (QED) is 0.539. The average molecular weight is 231 g/mol. The van der Waals surface area contributed by atoms with E-state index in [0.29, 0.717) is 11.3 Å². The van der Waals surface area contributed by atoms with E-state index < -0.39 is 0 Å². The lowest BCUT2D eigenvalue weighted by molar-refractivity contribution is -0.153. The van der Waals surface area contributed by atoms with Gasteiger partial charge in [0.1, 0.15) is 12.0 Å². The van der Waals surface area contributed by atoms with E-state index in [4.69, 9.17) is 16.3 Å². The number of ether oxygens (including phenoxy) is 1. The third-order valence-electron chi connectivity index (χ3n) is 5.10. The highest BCUT2D eigenvalue weighted by Crippen LogP contribution is 2.66. The summed E-state index contributed by atoms with van der Waals surface area (Å²) in [6.45, 7) is 6.87. The smallest absolute Gasteiger partial charge is 0.321 e. The van der Waals surface area contributed by atoms with E-state index in [2.05, 4.69) is 20.8 Å². The molecule has 15 heavy (non-hydrogen) atoms. The molecule has 2 aliphatic rings. The third kappa shape index (κ3) is 1.41. The molecule has 0 aliphatic heterocycles. The van der Waals surface area contributed by atoms with Crippen LogP contribution in [0, 0.1) is 16.7 Å². The molecule has 0 spiro atoms. The molecule has 0 aromatic heterocycles. The Morgan fingerprint density at radius 3 is 2.53 bits per heavy atom. The highest BCUT2D eigenvalue weighted by atomic mass is 35.5. The molecule has 2 bridgehead atoms. The summed E-state index contributed by atoms with van der Waals surface area (Å²) in [4.78, 5) is 11.2. The van der Waals surface area contributed by atoms with E-state index in [1.165, 1.54) is 12.8 Å². The van der Waals surface area contributed by atoms with Crippen molar-refractivity contribution in [1.82, 2.24) is 0 Å². The minimum atomic E-state index is -0.272. The number of rotatable bonds is 2. The van der Waals surface area contributed by atoms with Crippen LogP contribution in [0.4, 0.5) is 0 Å². The minimum absolute atomic E-state index is 0.0301. The number of carbonyl (C=O) groups excluding carboxylic acids is 1. The van der Waals surface area contributed by atoms with Gasteiger partial charge in [-0.05, 0) is 30.6 Å². The van der Waals surface area contributed by atoms with Gasteiger partial charge in [0, 0.05) is 5.41 Å². The van der Waals surface area contributed by atoms with Gasteiger partial charge >= 0.3 is 5.97 Å². The van der Waals surface area contributed by atoms with E-state index in [9.17, 15) is 4.79 Å². The van der Waals surface area contributed by atoms with Gasteiger partial charge in [0.05, 0.1) is 0 Å². The van der Waals surface area contributed by atoms with Crippen molar-refractivity contribution in [2.75, 3.05) is 5.88 Å². The largest absolute Gasteiger partial charge is 0.461 e. The Morgan fingerprint density at radius 1 is 1.47 bits per heavy atom. The van der Waals surface area contributed by atoms with Crippen LogP contribution in [0.1, 0.15) is 40.0 Å². The van der Waals surface area contributed by atoms with Crippen LogP contribution in [0.3, 0.4) is 0 Å². The Balaban J connectivity index is 2.15.